The van der Waals surface area contributed by atoms with E-state index in [4.69, 9.17) is 4.74 Å². The van der Waals surface area contributed by atoms with Gasteiger partial charge >= 0.3 is 0 Å². The highest BCUT2D eigenvalue weighted by Gasteiger charge is 2.22. The second-order valence-electron chi connectivity index (χ2n) is 8.84. The Bertz CT molecular complexity index is 1230. The average Bonchev–Trinajstić information content (AvgIpc) is 2.92. The number of hydrogen-bond acceptors (Lipinski definition) is 7. The van der Waals surface area contributed by atoms with Crippen molar-refractivity contribution in [2.45, 2.75) is 25.6 Å². The van der Waals surface area contributed by atoms with Crippen molar-refractivity contribution < 1.29 is 19.2 Å². The van der Waals surface area contributed by atoms with Crippen molar-refractivity contribution in [3.8, 4) is 5.75 Å². The number of nitro benzene ring substituents is 1. The highest BCUT2D eigenvalue weighted by Crippen LogP contribution is 2.15. The molecule has 0 aliphatic rings. The summed E-state index contributed by atoms with van der Waals surface area (Å²) in [7, 11) is 0. The molecule has 0 saturated carbocycles. The number of amides is 2. The van der Waals surface area contributed by atoms with Gasteiger partial charge in [-0.15, -0.1) is 0 Å². The van der Waals surface area contributed by atoms with E-state index in [1.165, 1.54) is 42.2 Å². The standard InChI is InChI=1S/C28H30N4O5S/c1-20(2)17-37-25-14-8-21(9-15-25)16-29-31-28(34)26(19-38-18-22-6-4-3-5-7-22)30-27(33)23-10-12-24(13-11-23)32(35)36/h3-16,20,26H,17-19H2,1-2H3,(H,30,33)(H,31,34)/b29-16+. The second kappa shape index (κ2) is 14.5. The Hall–Kier alpha value is -4.18. The van der Waals surface area contributed by atoms with E-state index in [1.54, 1.807) is 0 Å². The first kappa shape index (κ1) is 28.4. The monoisotopic (exact) mass is 534 g/mol. The van der Waals surface area contributed by atoms with Gasteiger partial charge in [0.05, 0.1) is 17.7 Å². The minimum absolute atomic E-state index is 0.122. The van der Waals surface area contributed by atoms with Crippen LogP contribution in [0, 0.1) is 16.0 Å². The lowest BCUT2D eigenvalue weighted by atomic mass is 10.2. The van der Waals surface area contributed by atoms with Crippen LogP contribution in [0.4, 0.5) is 5.69 Å². The van der Waals surface area contributed by atoms with Gasteiger partial charge in [-0.25, -0.2) is 5.43 Å². The Morgan fingerprint density at radius 3 is 2.34 bits per heavy atom. The smallest absolute Gasteiger partial charge is 0.269 e. The van der Waals surface area contributed by atoms with E-state index in [2.05, 4.69) is 29.7 Å². The van der Waals surface area contributed by atoms with E-state index in [-0.39, 0.29) is 11.3 Å². The molecule has 0 aliphatic heterocycles. The van der Waals surface area contributed by atoms with Crippen molar-refractivity contribution in [2.75, 3.05) is 12.4 Å². The lowest BCUT2D eigenvalue weighted by Crippen LogP contribution is -2.47. The van der Waals surface area contributed by atoms with E-state index in [1.807, 2.05) is 54.6 Å². The predicted molar refractivity (Wildman–Crippen MR) is 149 cm³/mol. The van der Waals surface area contributed by atoms with E-state index in [0.29, 0.717) is 24.0 Å². The van der Waals surface area contributed by atoms with Crippen LogP contribution in [0.25, 0.3) is 0 Å². The molecule has 0 bridgehead atoms. The third-order valence-electron chi connectivity index (χ3n) is 5.21. The summed E-state index contributed by atoms with van der Waals surface area (Å²) in [6.07, 6.45) is 1.51. The van der Waals surface area contributed by atoms with E-state index in [9.17, 15) is 19.7 Å². The fourth-order valence-electron chi connectivity index (χ4n) is 3.19. The number of carbonyl (C=O) groups excluding carboxylic acids is 2. The molecule has 3 rings (SSSR count). The maximum absolute atomic E-state index is 12.9. The molecular weight excluding hydrogens is 504 g/mol. The van der Waals surface area contributed by atoms with Crippen molar-refractivity contribution in [2.24, 2.45) is 11.0 Å². The fraction of sp³-hybridized carbons (Fsp3) is 0.250. The molecule has 2 amide bonds. The zero-order chi connectivity index (χ0) is 27.3. The van der Waals surface area contributed by atoms with Crippen LogP contribution < -0.4 is 15.5 Å². The number of hydrazone groups is 1. The molecule has 3 aromatic carbocycles. The van der Waals surface area contributed by atoms with Crippen molar-refractivity contribution in [1.29, 1.82) is 0 Å². The summed E-state index contributed by atoms with van der Waals surface area (Å²) >= 11 is 1.49. The number of non-ortho nitro benzene ring substituents is 1. The lowest BCUT2D eigenvalue weighted by Gasteiger charge is -2.17. The van der Waals surface area contributed by atoms with Gasteiger partial charge in [0.25, 0.3) is 17.5 Å². The molecule has 0 aliphatic carbocycles. The topological polar surface area (TPSA) is 123 Å². The van der Waals surface area contributed by atoms with E-state index >= 15 is 0 Å². The van der Waals surface area contributed by atoms with Gasteiger partial charge in [0.2, 0.25) is 0 Å². The molecule has 0 heterocycles. The zero-order valence-electron chi connectivity index (χ0n) is 21.2. The van der Waals surface area contributed by atoms with Gasteiger partial charge in [0.1, 0.15) is 11.8 Å². The van der Waals surface area contributed by atoms with Crippen molar-refractivity contribution >= 4 is 35.5 Å². The molecule has 2 N–H and O–H groups in total. The Kier molecular flexibility index (Phi) is 10.9. The molecule has 0 spiro atoms. The van der Waals surface area contributed by atoms with E-state index in [0.717, 1.165) is 16.9 Å². The van der Waals surface area contributed by atoms with Crippen LogP contribution in [0.2, 0.25) is 0 Å². The van der Waals surface area contributed by atoms with Gasteiger partial charge in [0, 0.05) is 29.2 Å². The SMILES string of the molecule is CC(C)COc1ccc(/C=N/NC(=O)C(CSCc2ccccc2)NC(=O)c2ccc([N+](=O)[O-])cc2)cc1. The Balaban J connectivity index is 1.62. The largest absolute Gasteiger partial charge is 0.493 e. The average molecular weight is 535 g/mol. The van der Waals surface area contributed by atoms with Gasteiger partial charge in [-0.2, -0.15) is 16.9 Å². The third kappa shape index (κ3) is 9.36. The van der Waals surface area contributed by atoms with E-state index < -0.39 is 22.8 Å². The van der Waals surface area contributed by atoms with Crippen LogP contribution >= 0.6 is 11.8 Å². The molecular formula is C28H30N4O5S. The van der Waals surface area contributed by atoms with Crippen LogP contribution in [0.1, 0.15) is 35.3 Å². The lowest BCUT2D eigenvalue weighted by molar-refractivity contribution is -0.384. The normalized spacial score (nSPS) is 11.8. The van der Waals surface area contributed by atoms with Gasteiger partial charge < -0.3 is 10.1 Å². The van der Waals surface area contributed by atoms with Gasteiger partial charge in [-0.05, 0) is 53.4 Å². The first-order valence-corrected chi connectivity index (χ1v) is 13.2. The molecule has 0 radical (unpaired) electrons. The summed E-state index contributed by atoms with van der Waals surface area (Å²) in [5.74, 6) is 1.15. The third-order valence-corrected chi connectivity index (χ3v) is 6.32. The number of thioether (sulfide) groups is 1. The summed E-state index contributed by atoms with van der Waals surface area (Å²) < 4.78 is 5.67. The van der Waals surface area contributed by atoms with Crippen molar-refractivity contribution in [3.63, 3.8) is 0 Å². The number of rotatable bonds is 13. The Morgan fingerprint density at radius 1 is 1.03 bits per heavy atom. The molecule has 0 aromatic heterocycles. The second-order valence-corrected chi connectivity index (χ2v) is 9.87. The van der Waals surface area contributed by atoms with Gasteiger partial charge in [-0.3, -0.25) is 19.7 Å². The number of ether oxygens (including phenoxy) is 1. The summed E-state index contributed by atoms with van der Waals surface area (Å²) in [6.45, 7) is 4.77. The molecule has 1 unspecified atom stereocenters. The summed E-state index contributed by atoms with van der Waals surface area (Å²) in [5.41, 5.74) is 4.45. The highest BCUT2D eigenvalue weighted by atomic mass is 32.2. The highest BCUT2D eigenvalue weighted by molar-refractivity contribution is 7.98. The Morgan fingerprint density at radius 2 is 1.71 bits per heavy atom. The van der Waals surface area contributed by atoms with Crippen LogP contribution in [0.5, 0.6) is 5.75 Å². The number of hydrogen-bond donors (Lipinski definition) is 2. The number of nitrogens with zero attached hydrogens (tertiary/aromatic N) is 2. The minimum atomic E-state index is -0.879. The van der Waals surface area contributed by atoms with Crippen molar-refractivity contribution in [1.82, 2.24) is 10.7 Å². The molecule has 38 heavy (non-hydrogen) atoms. The van der Waals surface area contributed by atoms with Crippen LogP contribution in [-0.4, -0.2) is 41.4 Å². The molecule has 0 fully saturated rings. The molecule has 9 nitrogen and oxygen atoms in total. The first-order chi connectivity index (χ1) is 18.3. The molecule has 3 aromatic rings. The minimum Gasteiger partial charge on any atom is -0.493 e. The maximum atomic E-state index is 12.9. The number of carbonyl (C=O) groups is 2. The maximum Gasteiger partial charge on any atom is 0.269 e. The van der Waals surface area contributed by atoms with Gasteiger partial charge in [0.15, 0.2) is 0 Å². The van der Waals surface area contributed by atoms with Crippen LogP contribution in [0.3, 0.4) is 0 Å². The quantitative estimate of drug-likeness (QED) is 0.184. The predicted octanol–water partition coefficient (Wildman–Crippen LogP) is 4.81. The summed E-state index contributed by atoms with van der Waals surface area (Å²) in [4.78, 5) is 36.1. The summed E-state index contributed by atoms with van der Waals surface area (Å²) in [5, 5.41) is 17.6. The molecule has 0 saturated heterocycles. The number of nitro groups is 1. The Labute approximate surface area is 225 Å². The van der Waals surface area contributed by atoms with Crippen LogP contribution in [0.15, 0.2) is 84.0 Å². The fourth-order valence-corrected chi connectivity index (χ4v) is 4.21. The first-order valence-electron chi connectivity index (χ1n) is 12.0. The summed E-state index contributed by atoms with van der Waals surface area (Å²) in [6, 6.07) is 21.4. The molecule has 198 valence electrons. The van der Waals surface area contributed by atoms with Crippen LogP contribution in [-0.2, 0) is 10.5 Å². The molecule has 10 heteroatoms. The van der Waals surface area contributed by atoms with Crippen molar-refractivity contribution in [3.05, 3.63) is 106 Å². The number of nitrogens with one attached hydrogen (secondary N) is 2. The zero-order valence-corrected chi connectivity index (χ0v) is 22.0. The molecule has 1 atom stereocenters. The van der Waals surface area contributed by atoms with Gasteiger partial charge in [-0.1, -0.05) is 44.2 Å². The number of benzene rings is 3.